The summed E-state index contributed by atoms with van der Waals surface area (Å²) in [6, 6.07) is 0. The lowest BCUT2D eigenvalue weighted by molar-refractivity contribution is -0.0113. The van der Waals surface area contributed by atoms with Gasteiger partial charge < -0.3 is 16.0 Å². The van der Waals surface area contributed by atoms with Gasteiger partial charge in [-0.1, -0.05) is 0 Å². The maximum absolute atomic E-state index is 13.9. The van der Waals surface area contributed by atoms with Crippen molar-refractivity contribution in [2.24, 2.45) is 11.8 Å². The number of alkyl halides is 2. The summed E-state index contributed by atoms with van der Waals surface area (Å²) in [6.45, 7) is 3.97. The third kappa shape index (κ3) is 2.19. The molecule has 5 rings (SSSR count). The fourth-order valence-corrected chi connectivity index (χ4v) is 5.62. The van der Waals surface area contributed by atoms with Gasteiger partial charge in [0.05, 0.1) is 10.2 Å². The molecular formula is C16H19F2N5S. The molecule has 0 radical (unpaired) electrons. The average Bonchev–Trinajstić information content (AvgIpc) is 3.18. The molecule has 3 aliphatic rings. The second-order valence-electron chi connectivity index (χ2n) is 7.20. The first-order valence-electron chi connectivity index (χ1n) is 8.41. The molecule has 3 N–H and O–H groups in total. The van der Waals surface area contributed by atoms with E-state index in [-0.39, 0.29) is 18.8 Å². The Bertz CT molecular complexity index is 808. The van der Waals surface area contributed by atoms with Crippen LogP contribution >= 0.6 is 11.3 Å². The smallest absolute Gasteiger partial charge is 0.252 e. The molecule has 0 amide bonds. The molecule has 8 heteroatoms. The van der Waals surface area contributed by atoms with E-state index < -0.39 is 5.92 Å². The highest BCUT2D eigenvalue weighted by atomic mass is 32.1. The highest BCUT2D eigenvalue weighted by molar-refractivity contribution is 7.19. The molecule has 0 bridgehead atoms. The van der Waals surface area contributed by atoms with Crippen molar-refractivity contribution in [2.75, 3.05) is 36.8 Å². The number of hydrogen-bond acceptors (Lipinski definition) is 6. The first kappa shape index (κ1) is 14.8. The molecule has 2 aromatic rings. The Hall–Kier alpha value is -1.54. The second-order valence-corrected chi connectivity index (χ2v) is 8.31. The fraction of sp³-hybridized carbons (Fsp3) is 0.625. The number of nitrogens with two attached hydrogens (primary N) is 1. The van der Waals surface area contributed by atoms with Crippen molar-refractivity contribution in [3.8, 4) is 0 Å². The SMILES string of the molecule is Nc1nc(N2C[C@H]3CNC[C@H]3C2)c2sc3c(c2n1)CC(F)(F)CC3. The lowest BCUT2D eigenvalue weighted by Crippen LogP contribution is -2.26. The minimum Gasteiger partial charge on any atom is -0.368 e. The Balaban J connectivity index is 1.61. The van der Waals surface area contributed by atoms with E-state index in [1.165, 1.54) is 0 Å². The highest BCUT2D eigenvalue weighted by Gasteiger charge is 2.40. The van der Waals surface area contributed by atoms with E-state index in [2.05, 4.69) is 20.2 Å². The lowest BCUT2D eigenvalue weighted by Gasteiger charge is -2.21. The zero-order valence-electron chi connectivity index (χ0n) is 13.2. The Morgan fingerprint density at radius 2 is 1.96 bits per heavy atom. The first-order chi connectivity index (χ1) is 11.5. The van der Waals surface area contributed by atoms with Crippen LogP contribution in [0.25, 0.3) is 10.2 Å². The number of anilines is 2. The van der Waals surface area contributed by atoms with Crippen LogP contribution in [0.3, 0.4) is 0 Å². The molecule has 2 fully saturated rings. The Labute approximate surface area is 142 Å². The highest BCUT2D eigenvalue weighted by Crippen LogP contribution is 2.44. The maximum atomic E-state index is 13.9. The summed E-state index contributed by atoms with van der Waals surface area (Å²) in [6.07, 6.45) is 0.107. The van der Waals surface area contributed by atoms with Gasteiger partial charge in [0.1, 0.15) is 0 Å². The van der Waals surface area contributed by atoms with Gasteiger partial charge in [0, 0.05) is 43.9 Å². The van der Waals surface area contributed by atoms with Crippen LogP contribution in [0, 0.1) is 11.8 Å². The van der Waals surface area contributed by atoms with Crippen LogP contribution in [0.2, 0.25) is 0 Å². The zero-order valence-corrected chi connectivity index (χ0v) is 14.0. The largest absolute Gasteiger partial charge is 0.368 e. The normalized spacial score (nSPS) is 28.3. The quantitative estimate of drug-likeness (QED) is 0.823. The van der Waals surface area contributed by atoms with E-state index in [4.69, 9.17) is 5.73 Å². The van der Waals surface area contributed by atoms with Gasteiger partial charge in [0.15, 0.2) is 5.82 Å². The van der Waals surface area contributed by atoms with Gasteiger partial charge in [-0.15, -0.1) is 11.3 Å². The van der Waals surface area contributed by atoms with E-state index in [0.29, 0.717) is 29.3 Å². The van der Waals surface area contributed by atoms with Crippen LogP contribution in [0.5, 0.6) is 0 Å². The van der Waals surface area contributed by atoms with Gasteiger partial charge in [0.2, 0.25) is 5.95 Å². The molecule has 0 saturated carbocycles. The third-order valence-electron chi connectivity index (χ3n) is 5.55. The average molecular weight is 351 g/mol. The predicted octanol–water partition coefficient (Wildman–Crippen LogP) is 2.05. The number of nitrogen functional groups attached to an aromatic ring is 1. The molecule has 5 nitrogen and oxygen atoms in total. The second kappa shape index (κ2) is 4.98. The van der Waals surface area contributed by atoms with Crippen molar-refractivity contribution in [1.29, 1.82) is 0 Å². The fourth-order valence-electron chi connectivity index (χ4n) is 4.34. The summed E-state index contributed by atoms with van der Waals surface area (Å²) < 4.78 is 28.6. The van der Waals surface area contributed by atoms with Crippen molar-refractivity contribution in [3.05, 3.63) is 10.4 Å². The molecule has 0 spiro atoms. The van der Waals surface area contributed by atoms with Gasteiger partial charge in [-0.25, -0.2) is 13.8 Å². The van der Waals surface area contributed by atoms with E-state index in [1.54, 1.807) is 11.3 Å². The molecule has 2 atom stereocenters. The molecule has 0 aromatic carbocycles. The number of aromatic nitrogens is 2. The van der Waals surface area contributed by atoms with Crippen molar-refractivity contribution < 1.29 is 8.78 Å². The first-order valence-corrected chi connectivity index (χ1v) is 9.23. The van der Waals surface area contributed by atoms with E-state index >= 15 is 0 Å². The predicted molar refractivity (Wildman–Crippen MR) is 90.9 cm³/mol. The summed E-state index contributed by atoms with van der Waals surface area (Å²) in [5.74, 6) is -0.348. The summed E-state index contributed by atoms with van der Waals surface area (Å²) in [4.78, 5) is 12.1. The summed E-state index contributed by atoms with van der Waals surface area (Å²) in [5.41, 5.74) is 7.25. The standard InChI is InChI=1S/C16H19F2N5S/c17-16(18)2-1-11-10(3-16)12-13(24-11)14(22-15(19)21-12)23-6-8-4-20-5-9(8)7-23/h8-9,20H,1-7H2,(H2,19,21,22)/t8-,9+. The van der Waals surface area contributed by atoms with E-state index in [1.807, 2.05) is 0 Å². The number of nitrogens with zero attached hydrogens (tertiary/aromatic N) is 3. The van der Waals surface area contributed by atoms with Crippen molar-refractivity contribution in [3.63, 3.8) is 0 Å². The molecule has 2 aromatic heterocycles. The Morgan fingerprint density at radius 3 is 2.71 bits per heavy atom. The molecule has 24 heavy (non-hydrogen) atoms. The van der Waals surface area contributed by atoms with Crippen LogP contribution in [0.1, 0.15) is 16.9 Å². The number of nitrogens with one attached hydrogen (secondary N) is 1. The molecule has 128 valence electrons. The third-order valence-corrected chi connectivity index (χ3v) is 6.83. The summed E-state index contributed by atoms with van der Waals surface area (Å²) in [5, 5.41) is 3.43. The van der Waals surface area contributed by atoms with Crippen molar-refractivity contribution in [1.82, 2.24) is 15.3 Å². The number of aryl methyl sites for hydroxylation is 1. The van der Waals surface area contributed by atoms with E-state index in [0.717, 1.165) is 41.6 Å². The summed E-state index contributed by atoms with van der Waals surface area (Å²) >= 11 is 1.58. The van der Waals surface area contributed by atoms with Gasteiger partial charge in [-0.2, -0.15) is 4.98 Å². The Kier molecular flexibility index (Phi) is 3.07. The van der Waals surface area contributed by atoms with Crippen LogP contribution in [-0.4, -0.2) is 42.1 Å². The topological polar surface area (TPSA) is 67.1 Å². The molecule has 2 aliphatic heterocycles. The number of rotatable bonds is 1. The number of thiophene rings is 1. The summed E-state index contributed by atoms with van der Waals surface area (Å²) in [7, 11) is 0. The number of fused-ring (bicyclic) bond motifs is 4. The molecule has 2 saturated heterocycles. The number of halogens is 2. The van der Waals surface area contributed by atoms with Crippen molar-refractivity contribution >= 4 is 33.3 Å². The number of hydrogen-bond donors (Lipinski definition) is 2. The Morgan fingerprint density at radius 1 is 1.21 bits per heavy atom. The minimum absolute atomic E-state index is 0.0788. The van der Waals surface area contributed by atoms with Gasteiger partial charge in [-0.3, -0.25) is 0 Å². The van der Waals surface area contributed by atoms with Crippen molar-refractivity contribution in [2.45, 2.75) is 25.2 Å². The van der Waals surface area contributed by atoms with Gasteiger partial charge in [-0.05, 0) is 23.8 Å². The van der Waals surface area contributed by atoms with Gasteiger partial charge >= 0.3 is 0 Å². The molecule has 4 heterocycles. The van der Waals surface area contributed by atoms with Crippen LogP contribution < -0.4 is 16.0 Å². The van der Waals surface area contributed by atoms with Crippen LogP contribution in [0.15, 0.2) is 0 Å². The molecule has 1 aliphatic carbocycles. The van der Waals surface area contributed by atoms with Crippen LogP contribution in [0.4, 0.5) is 20.5 Å². The zero-order chi connectivity index (χ0) is 16.5. The van der Waals surface area contributed by atoms with Gasteiger partial charge in [0.25, 0.3) is 5.92 Å². The van der Waals surface area contributed by atoms with Crippen LogP contribution in [-0.2, 0) is 12.8 Å². The maximum Gasteiger partial charge on any atom is 0.252 e. The molecule has 0 unspecified atom stereocenters. The molecular weight excluding hydrogens is 332 g/mol. The monoisotopic (exact) mass is 351 g/mol. The van der Waals surface area contributed by atoms with E-state index in [9.17, 15) is 8.78 Å². The lowest BCUT2D eigenvalue weighted by atomic mass is 9.95. The minimum atomic E-state index is -2.64.